The Bertz CT molecular complexity index is 453. The number of benzene rings is 2. The van der Waals surface area contributed by atoms with E-state index < -0.39 is 0 Å². The third-order valence-electron chi connectivity index (χ3n) is 2.06. The molecule has 67 valence electrons. The highest BCUT2D eigenvalue weighted by molar-refractivity contribution is 5.91. The molecule has 2 rings (SSSR count). The van der Waals surface area contributed by atoms with Crippen LogP contribution in [-0.4, -0.2) is 12.6 Å². The summed E-state index contributed by atoms with van der Waals surface area (Å²) in [7, 11) is 0. The van der Waals surface area contributed by atoms with Gasteiger partial charge in [-0.1, -0.05) is 24.3 Å². The van der Waals surface area contributed by atoms with Crippen LogP contribution in [0.4, 0.5) is 0 Å². The van der Waals surface area contributed by atoms with Gasteiger partial charge in [0.15, 0.2) is 6.29 Å². The quantitative estimate of drug-likeness (QED) is 0.669. The lowest BCUT2D eigenvalue weighted by molar-refractivity contribution is 0.111. The van der Waals surface area contributed by atoms with Crippen molar-refractivity contribution in [3.63, 3.8) is 0 Å². The molecule has 0 aromatic heterocycles. The van der Waals surface area contributed by atoms with Gasteiger partial charge in [-0.2, -0.15) is 0 Å². The molecular formula is C12H7O2. The molecule has 0 spiro atoms. The van der Waals surface area contributed by atoms with Crippen LogP contribution in [0.2, 0.25) is 0 Å². The average molecular weight is 183 g/mol. The molecule has 0 fully saturated rings. The molecular weight excluding hydrogens is 176 g/mol. The van der Waals surface area contributed by atoms with Crippen molar-refractivity contribution in [1.29, 1.82) is 0 Å². The second-order valence-electron chi connectivity index (χ2n) is 3.00. The predicted molar refractivity (Wildman–Crippen MR) is 53.6 cm³/mol. The number of hydrogen-bond donors (Lipinski definition) is 0. The fraction of sp³-hybridized carbons (Fsp3) is 0. The summed E-state index contributed by atoms with van der Waals surface area (Å²) in [6, 6.07) is 11.7. The third kappa shape index (κ3) is 1.42. The minimum absolute atomic E-state index is 0.524. The molecule has 0 saturated carbocycles. The van der Waals surface area contributed by atoms with Gasteiger partial charge in [0.05, 0.1) is 0 Å². The van der Waals surface area contributed by atoms with Crippen molar-refractivity contribution in [2.45, 2.75) is 0 Å². The first kappa shape index (κ1) is 8.63. The number of carbonyl (C=O) groups is 2. The molecule has 0 bridgehead atoms. The van der Waals surface area contributed by atoms with E-state index in [-0.39, 0.29) is 0 Å². The smallest absolute Gasteiger partial charge is 0.150 e. The van der Waals surface area contributed by atoms with Gasteiger partial charge in [0.1, 0.15) is 6.29 Å². The first-order valence-corrected chi connectivity index (χ1v) is 4.20. The van der Waals surface area contributed by atoms with Crippen LogP contribution in [0.3, 0.4) is 0 Å². The Balaban J connectivity index is 2.68. The van der Waals surface area contributed by atoms with Gasteiger partial charge in [0.2, 0.25) is 0 Å². The highest BCUT2D eigenvalue weighted by Gasteiger charge is 1.97. The zero-order valence-electron chi connectivity index (χ0n) is 7.36. The van der Waals surface area contributed by atoms with E-state index >= 15 is 0 Å². The van der Waals surface area contributed by atoms with E-state index in [9.17, 15) is 9.59 Å². The molecule has 0 heterocycles. The van der Waals surface area contributed by atoms with E-state index in [4.69, 9.17) is 0 Å². The fourth-order valence-corrected chi connectivity index (χ4v) is 1.35. The molecule has 0 aliphatic carbocycles. The summed E-state index contributed by atoms with van der Waals surface area (Å²) >= 11 is 0. The van der Waals surface area contributed by atoms with Gasteiger partial charge >= 0.3 is 0 Å². The number of carbonyl (C=O) groups excluding carboxylic acids is 2. The van der Waals surface area contributed by atoms with Gasteiger partial charge < -0.3 is 0 Å². The predicted octanol–water partition coefficient (Wildman–Crippen LogP) is 2.26. The maximum Gasteiger partial charge on any atom is 0.150 e. The van der Waals surface area contributed by atoms with Crippen LogP contribution >= 0.6 is 0 Å². The lowest BCUT2D eigenvalue weighted by Gasteiger charge is -1.98. The van der Waals surface area contributed by atoms with Crippen molar-refractivity contribution in [2.24, 2.45) is 0 Å². The first-order chi connectivity index (χ1) is 6.83. The number of hydrogen-bond acceptors (Lipinski definition) is 2. The highest BCUT2D eigenvalue weighted by Crippen LogP contribution is 2.15. The third-order valence-corrected chi connectivity index (χ3v) is 2.06. The molecule has 2 nitrogen and oxygen atoms in total. The maximum atomic E-state index is 10.5. The van der Waals surface area contributed by atoms with Gasteiger partial charge in [0, 0.05) is 17.2 Å². The highest BCUT2D eigenvalue weighted by atomic mass is 16.1. The first-order valence-electron chi connectivity index (χ1n) is 4.20. The van der Waals surface area contributed by atoms with Gasteiger partial charge in [-0.05, 0) is 16.8 Å². The zero-order valence-corrected chi connectivity index (χ0v) is 7.36. The lowest BCUT2D eigenvalue weighted by atomic mass is 10.1. The van der Waals surface area contributed by atoms with Crippen molar-refractivity contribution < 1.29 is 9.59 Å². The summed E-state index contributed by atoms with van der Waals surface area (Å²) in [6.07, 6.45) is 1.56. The monoisotopic (exact) mass is 183 g/mol. The van der Waals surface area contributed by atoms with E-state index in [0.717, 1.165) is 23.3 Å². The lowest BCUT2D eigenvalue weighted by Crippen LogP contribution is -1.83. The molecule has 0 amide bonds. The average Bonchev–Trinajstić information content (AvgIpc) is 2.27. The zero-order chi connectivity index (χ0) is 9.97. The van der Waals surface area contributed by atoms with Crippen LogP contribution in [0.25, 0.3) is 10.8 Å². The maximum absolute atomic E-state index is 10.5. The van der Waals surface area contributed by atoms with Crippen molar-refractivity contribution in [2.75, 3.05) is 0 Å². The van der Waals surface area contributed by atoms with Gasteiger partial charge in [-0.3, -0.25) is 9.59 Å². The summed E-state index contributed by atoms with van der Waals surface area (Å²) in [5.74, 6) is 0. The number of fused-ring (bicyclic) bond motifs is 1. The molecule has 0 aliphatic heterocycles. The van der Waals surface area contributed by atoms with Gasteiger partial charge in [-0.25, -0.2) is 0 Å². The summed E-state index contributed by atoms with van der Waals surface area (Å²) in [5.41, 5.74) is 1.15. The Kier molecular flexibility index (Phi) is 2.11. The van der Waals surface area contributed by atoms with E-state index in [1.807, 2.05) is 6.07 Å². The topological polar surface area (TPSA) is 34.1 Å². The Morgan fingerprint density at radius 3 is 2.57 bits per heavy atom. The van der Waals surface area contributed by atoms with E-state index in [2.05, 4.69) is 6.07 Å². The van der Waals surface area contributed by atoms with Crippen LogP contribution in [0.5, 0.6) is 0 Å². The Morgan fingerprint density at radius 2 is 1.86 bits per heavy atom. The second kappa shape index (κ2) is 3.42. The SMILES string of the molecule is O=Cc1[c]c2ccc(C=O)cc2cc1. The summed E-state index contributed by atoms with van der Waals surface area (Å²) in [4.78, 5) is 21.0. The van der Waals surface area contributed by atoms with Crippen LogP contribution < -0.4 is 0 Å². The normalized spacial score (nSPS) is 10.0. The summed E-state index contributed by atoms with van der Waals surface area (Å²) in [6.45, 7) is 0. The van der Waals surface area contributed by atoms with Crippen LogP contribution in [0.1, 0.15) is 20.7 Å². The molecule has 0 aliphatic rings. The molecule has 1 radical (unpaired) electrons. The summed E-state index contributed by atoms with van der Waals surface area (Å²) < 4.78 is 0. The molecule has 2 heteroatoms. The Hall–Kier alpha value is -1.96. The van der Waals surface area contributed by atoms with Crippen molar-refractivity contribution >= 4 is 23.3 Å². The van der Waals surface area contributed by atoms with Crippen molar-refractivity contribution in [1.82, 2.24) is 0 Å². The van der Waals surface area contributed by atoms with Crippen molar-refractivity contribution in [3.05, 3.63) is 47.5 Å². The van der Waals surface area contributed by atoms with Crippen LogP contribution in [0, 0.1) is 6.07 Å². The molecule has 14 heavy (non-hydrogen) atoms. The van der Waals surface area contributed by atoms with Crippen LogP contribution in [-0.2, 0) is 0 Å². The van der Waals surface area contributed by atoms with Gasteiger partial charge in [-0.15, -0.1) is 0 Å². The van der Waals surface area contributed by atoms with E-state index in [0.29, 0.717) is 11.1 Å². The molecule has 2 aromatic carbocycles. The Morgan fingerprint density at radius 1 is 1.00 bits per heavy atom. The van der Waals surface area contributed by atoms with E-state index in [1.54, 1.807) is 24.3 Å². The van der Waals surface area contributed by atoms with Crippen LogP contribution in [0.15, 0.2) is 30.3 Å². The summed E-state index contributed by atoms with van der Waals surface area (Å²) in [5, 5.41) is 1.76. The van der Waals surface area contributed by atoms with E-state index in [1.165, 1.54) is 0 Å². The number of rotatable bonds is 2. The van der Waals surface area contributed by atoms with Crippen molar-refractivity contribution in [3.8, 4) is 0 Å². The Labute approximate surface area is 81.2 Å². The largest absolute Gasteiger partial charge is 0.298 e. The second-order valence-corrected chi connectivity index (χ2v) is 3.00. The minimum Gasteiger partial charge on any atom is -0.298 e. The molecule has 0 saturated heterocycles. The molecule has 0 unspecified atom stereocenters. The van der Waals surface area contributed by atoms with Gasteiger partial charge in [0.25, 0.3) is 0 Å². The standard InChI is InChI=1S/C12H7O2/c13-7-9-1-3-11-6-10(8-14)2-4-12(11)5-9/h1-5,7-8H. The minimum atomic E-state index is 0.524. The molecule has 0 N–H and O–H groups in total. The molecule has 0 atom stereocenters. The number of aldehydes is 2. The molecule has 2 aromatic rings. The fourth-order valence-electron chi connectivity index (χ4n) is 1.35.